The number of hydrogen-bond donors (Lipinski definition) is 0. The quantitative estimate of drug-likeness (QED) is 0.158. The van der Waals surface area contributed by atoms with E-state index in [1.807, 2.05) is 0 Å². The predicted molar refractivity (Wildman–Crippen MR) is 118 cm³/mol. The highest BCUT2D eigenvalue weighted by Crippen LogP contribution is 2.20. The molecule has 2 aromatic rings. The molecule has 5 nitrogen and oxygen atoms in total. The molecule has 0 N–H and O–H groups in total. The summed E-state index contributed by atoms with van der Waals surface area (Å²) in [6.45, 7) is 1.13. The van der Waals surface area contributed by atoms with Crippen LogP contribution in [0.3, 0.4) is 0 Å². The van der Waals surface area contributed by atoms with Gasteiger partial charge < -0.3 is 14.2 Å². The molecule has 33 heavy (non-hydrogen) atoms. The summed E-state index contributed by atoms with van der Waals surface area (Å²) in [6.07, 6.45) is 3.89. The second-order valence-corrected chi connectivity index (χ2v) is 7.30. The van der Waals surface area contributed by atoms with Gasteiger partial charge in [-0.25, -0.2) is 9.59 Å². The third-order valence-electron chi connectivity index (χ3n) is 4.49. The van der Waals surface area contributed by atoms with E-state index < -0.39 is 24.7 Å². The number of unbranched alkanes of at least 4 members (excludes halogenated alkanes) is 4. The topological polar surface area (TPSA) is 61.8 Å². The van der Waals surface area contributed by atoms with Gasteiger partial charge in [-0.2, -0.15) is 13.2 Å². The molecule has 0 fully saturated rings. The van der Waals surface area contributed by atoms with Crippen LogP contribution in [0.25, 0.3) is 6.08 Å². The number of rotatable bonds is 12. The Labute approximate surface area is 191 Å². The molecule has 0 saturated carbocycles. The third-order valence-corrected chi connectivity index (χ3v) is 4.49. The van der Waals surface area contributed by atoms with Gasteiger partial charge in [-0.15, -0.1) is 0 Å². The molecular weight excluding hydrogens is 437 g/mol. The van der Waals surface area contributed by atoms with Gasteiger partial charge in [0.1, 0.15) is 11.5 Å². The summed E-state index contributed by atoms with van der Waals surface area (Å²) >= 11 is 0. The van der Waals surface area contributed by atoms with Gasteiger partial charge in [0, 0.05) is 6.08 Å². The standard InChI is InChI=1S/C25H27F3O5/c1-2-3-4-5-6-17-31-23(29)16-9-19-7-12-22(13-8-19)33-24(30)20-10-14-21(15-11-20)32-18-25(26,27)28/h7-16H,2-6,17-18H2,1H3. The van der Waals surface area contributed by atoms with Crippen LogP contribution in [0.4, 0.5) is 13.2 Å². The molecule has 0 aliphatic heterocycles. The van der Waals surface area contributed by atoms with E-state index in [2.05, 4.69) is 11.7 Å². The second kappa shape index (κ2) is 13.3. The normalized spacial score (nSPS) is 11.4. The van der Waals surface area contributed by atoms with Crippen molar-refractivity contribution in [1.82, 2.24) is 0 Å². The van der Waals surface area contributed by atoms with E-state index in [1.54, 1.807) is 30.3 Å². The van der Waals surface area contributed by atoms with Crippen molar-refractivity contribution in [1.29, 1.82) is 0 Å². The lowest BCUT2D eigenvalue weighted by Crippen LogP contribution is -2.19. The number of hydrogen-bond acceptors (Lipinski definition) is 5. The Morgan fingerprint density at radius 1 is 0.879 bits per heavy atom. The van der Waals surface area contributed by atoms with Gasteiger partial charge in [0.05, 0.1) is 12.2 Å². The van der Waals surface area contributed by atoms with E-state index in [0.29, 0.717) is 6.61 Å². The number of halogens is 3. The van der Waals surface area contributed by atoms with Crippen molar-refractivity contribution in [2.24, 2.45) is 0 Å². The molecule has 0 saturated heterocycles. The molecule has 2 aromatic carbocycles. The molecule has 0 atom stereocenters. The number of carbonyl (C=O) groups is 2. The third kappa shape index (κ3) is 10.7. The lowest BCUT2D eigenvalue weighted by Gasteiger charge is -2.09. The number of esters is 2. The van der Waals surface area contributed by atoms with Crippen LogP contribution in [0.2, 0.25) is 0 Å². The van der Waals surface area contributed by atoms with Crippen LogP contribution in [0.5, 0.6) is 11.5 Å². The molecule has 0 radical (unpaired) electrons. The van der Waals surface area contributed by atoms with Gasteiger partial charge in [0.25, 0.3) is 0 Å². The summed E-state index contributed by atoms with van der Waals surface area (Å²) in [5, 5.41) is 0. The average molecular weight is 464 g/mol. The maximum absolute atomic E-state index is 12.2. The van der Waals surface area contributed by atoms with Gasteiger partial charge in [0.2, 0.25) is 0 Å². The summed E-state index contributed by atoms with van der Waals surface area (Å²) < 4.78 is 51.5. The van der Waals surface area contributed by atoms with Crippen molar-refractivity contribution in [3.05, 3.63) is 65.7 Å². The van der Waals surface area contributed by atoms with Gasteiger partial charge in [-0.1, -0.05) is 44.7 Å². The van der Waals surface area contributed by atoms with Crippen LogP contribution in [0, 0.1) is 0 Å². The van der Waals surface area contributed by atoms with Crippen LogP contribution in [-0.4, -0.2) is 31.3 Å². The van der Waals surface area contributed by atoms with Crippen LogP contribution in [0.1, 0.15) is 54.9 Å². The van der Waals surface area contributed by atoms with Crippen LogP contribution in [-0.2, 0) is 9.53 Å². The zero-order valence-electron chi connectivity index (χ0n) is 18.4. The number of carbonyl (C=O) groups excluding carboxylic acids is 2. The maximum atomic E-state index is 12.2. The lowest BCUT2D eigenvalue weighted by molar-refractivity contribution is -0.153. The number of ether oxygens (including phenoxy) is 3. The minimum absolute atomic E-state index is 0.00460. The first-order valence-corrected chi connectivity index (χ1v) is 10.7. The lowest BCUT2D eigenvalue weighted by atomic mass is 10.2. The van der Waals surface area contributed by atoms with Crippen molar-refractivity contribution >= 4 is 18.0 Å². The Hall–Kier alpha value is -3.29. The van der Waals surface area contributed by atoms with E-state index in [1.165, 1.54) is 36.8 Å². The van der Waals surface area contributed by atoms with Gasteiger partial charge >= 0.3 is 18.1 Å². The van der Waals surface area contributed by atoms with Crippen molar-refractivity contribution in [2.75, 3.05) is 13.2 Å². The SMILES string of the molecule is CCCCCCCOC(=O)C=Cc1ccc(OC(=O)c2ccc(OCC(F)(F)F)cc2)cc1. The van der Waals surface area contributed by atoms with Crippen LogP contribution in [0.15, 0.2) is 54.6 Å². The maximum Gasteiger partial charge on any atom is 0.422 e. The molecule has 8 heteroatoms. The van der Waals surface area contributed by atoms with Crippen LogP contribution < -0.4 is 9.47 Å². The summed E-state index contributed by atoms with van der Waals surface area (Å²) in [4.78, 5) is 24.0. The highest BCUT2D eigenvalue weighted by atomic mass is 19.4. The monoisotopic (exact) mass is 464 g/mol. The zero-order valence-corrected chi connectivity index (χ0v) is 18.4. The molecule has 0 amide bonds. The summed E-state index contributed by atoms with van der Waals surface area (Å²) in [5.74, 6) is -0.800. The zero-order chi connectivity index (χ0) is 24.1. The Balaban J connectivity index is 1.78. The summed E-state index contributed by atoms with van der Waals surface area (Å²) in [5.41, 5.74) is 0.886. The van der Waals surface area contributed by atoms with Gasteiger partial charge in [-0.05, 0) is 54.5 Å². The minimum Gasteiger partial charge on any atom is -0.484 e. The molecule has 0 aliphatic rings. The number of alkyl halides is 3. The van der Waals surface area contributed by atoms with E-state index in [4.69, 9.17) is 9.47 Å². The Kier molecular flexibility index (Phi) is 10.5. The Bertz CT molecular complexity index is 903. The molecular formula is C25H27F3O5. The molecule has 0 aromatic heterocycles. The number of benzene rings is 2. The Morgan fingerprint density at radius 2 is 1.52 bits per heavy atom. The van der Waals surface area contributed by atoms with E-state index in [9.17, 15) is 22.8 Å². The van der Waals surface area contributed by atoms with Crippen molar-refractivity contribution in [2.45, 2.75) is 45.2 Å². The fourth-order valence-electron chi connectivity index (χ4n) is 2.76. The van der Waals surface area contributed by atoms with Gasteiger partial charge in [0.15, 0.2) is 6.61 Å². The van der Waals surface area contributed by atoms with Crippen molar-refractivity contribution in [3.8, 4) is 11.5 Å². The van der Waals surface area contributed by atoms with Crippen molar-refractivity contribution in [3.63, 3.8) is 0 Å². The fraction of sp³-hybridized carbons (Fsp3) is 0.360. The second-order valence-electron chi connectivity index (χ2n) is 7.30. The predicted octanol–water partition coefficient (Wildman–Crippen LogP) is 6.37. The molecule has 0 aliphatic carbocycles. The fourth-order valence-corrected chi connectivity index (χ4v) is 2.76. The highest BCUT2D eigenvalue weighted by molar-refractivity contribution is 5.91. The van der Waals surface area contributed by atoms with Crippen LogP contribution >= 0.6 is 0 Å². The Morgan fingerprint density at radius 3 is 2.15 bits per heavy atom. The summed E-state index contributed by atoms with van der Waals surface area (Å²) in [7, 11) is 0. The average Bonchev–Trinajstić information content (AvgIpc) is 2.79. The first-order valence-electron chi connectivity index (χ1n) is 10.7. The van der Waals surface area contributed by atoms with E-state index in [-0.39, 0.29) is 17.1 Å². The smallest absolute Gasteiger partial charge is 0.422 e. The first-order chi connectivity index (χ1) is 15.8. The van der Waals surface area contributed by atoms with Gasteiger partial charge in [-0.3, -0.25) is 0 Å². The molecule has 0 unspecified atom stereocenters. The van der Waals surface area contributed by atoms with E-state index in [0.717, 1.165) is 31.2 Å². The molecule has 0 heterocycles. The molecule has 0 bridgehead atoms. The van der Waals surface area contributed by atoms with Crippen molar-refractivity contribution < 1.29 is 37.0 Å². The minimum atomic E-state index is -4.44. The largest absolute Gasteiger partial charge is 0.484 e. The molecule has 0 spiro atoms. The molecule has 178 valence electrons. The van der Waals surface area contributed by atoms with E-state index >= 15 is 0 Å². The highest BCUT2D eigenvalue weighted by Gasteiger charge is 2.28. The molecule has 2 rings (SSSR count). The first kappa shape index (κ1) is 26.0. The summed E-state index contributed by atoms with van der Waals surface area (Å²) in [6, 6.07) is 11.6.